The molecule has 290 valence electrons. The van der Waals surface area contributed by atoms with Crippen molar-refractivity contribution in [1.82, 2.24) is 29.9 Å². The molecule has 0 fully saturated rings. The van der Waals surface area contributed by atoms with Gasteiger partial charge in [-0.25, -0.2) is 29.9 Å². The van der Waals surface area contributed by atoms with Crippen molar-refractivity contribution in [3.8, 4) is 91.0 Å². The van der Waals surface area contributed by atoms with Gasteiger partial charge in [0.25, 0.3) is 0 Å². The summed E-state index contributed by atoms with van der Waals surface area (Å²) >= 11 is 0. The van der Waals surface area contributed by atoms with Crippen molar-refractivity contribution in [2.24, 2.45) is 0 Å². The number of hydrogen-bond donors (Lipinski definition) is 0. The average Bonchev–Trinajstić information content (AvgIpc) is 3.65. The van der Waals surface area contributed by atoms with Crippen molar-refractivity contribution in [3.63, 3.8) is 0 Å². The Balaban J connectivity index is 1.12. The van der Waals surface area contributed by atoms with Gasteiger partial charge in [0.1, 0.15) is 11.5 Å². The molecule has 12 rings (SSSR count). The fourth-order valence-corrected chi connectivity index (χ4v) is 9.19. The monoisotopic (exact) mass is 794 g/mol. The third kappa shape index (κ3) is 5.59. The van der Waals surface area contributed by atoms with Crippen LogP contribution in [0.5, 0.6) is 11.5 Å². The van der Waals surface area contributed by atoms with Gasteiger partial charge in [-0.2, -0.15) is 0 Å². The number of rotatable bonds is 6. The quantitative estimate of drug-likeness (QED) is 0.166. The van der Waals surface area contributed by atoms with E-state index in [-0.39, 0.29) is 0 Å². The maximum Gasteiger partial charge on any atom is 0.167 e. The number of para-hydroxylation sites is 2. The molecule has 7 nitrogen and oxygen atoms in total. The number of ether oxygens (including phenoxy) is 1. The molecule has 0 saturated heterocycles. The molecular formula is C55H34N6O. The van der Waals surface area contributed by atoms with Gasteiger partial charge in [0.2, 0.25) is 0 Å². The molecule has 10 aromatic rings. The maximum absolute atomic E-state index is 7.08. The van der Waals surface area contributed by atoms with E-state index in [9.17, 15) is 0 Å². The SMILES string of the molecule is c1ccc(-c2nc(-c3ccccc3)nc(-c3cccc4c3Oc3ccccc3C43c4ccccc4-c4c(-c5nc(-c6ccccc6)nc(-c6ccccc6)n5)cccc43)n2)cc1. The lowest BCUT2D eigenvalue weighted by Gasteiger charge is -2.40. The van der Waals surface area contributed by atoms with Gasteiger partial charge in [0.15, 0.2) is 34.9 Å². The highest BCUT2D eigenvalue weighted by Crippen LogP contribution is 2.64. The zero-order valence-corrected chi connectivity index (χ0v) is 33.2. The standard InChI is InChI=1S/C55H34N6O/c1-5-19-35(20-6-1)49-56-50(36-21-7-2-8-22-36)59-53(58-49)40-28-17-32-44-47(40)39-27-13-14-30-42(39)55(44)43-31-15-16-34-46(43)62-48-41(29-18-33-45(48)55)54-60-51(37-23-9-3-10-24-37)57-52(61-54)38-25-11-4-12-26-38/h1-34H. The number of benzene rings is 8. The van der Waals surface area contributed by atoms with Crippen LogP contribution in [-0.2, 0) is 5.41 Å². The topological polar surface area (TPSA) is 86.6 Å². The van der Waals surface area contributed by atoms with E-state index >= 15 is 0 Å². The fraction of sp³-hybridized carbons (Fsp3) is 0.0182. The van der Waals surface area contributed by atoms with Crippen LogP contribution in [0.4, 0.5) is 0 Å². The normalized spacial score (nSPS) is 14.3. The van der Waals surface area contributed by atoms with E-state index in [0.29, 0.717) is 40.7 Å². The first-order valence-corrected chi connectivity index (χ1v) is 20.6. The van der Waals surface area contributed by atoms with Crippen LogP contribution in [0, 0.1) is 0 Å². The molecule has 0 radical (unpaired) electrons. The second-order valence-corrected chi connectivity index (χ2v) is 15.4. The third-order valence-electron chi connectivity index (χ3n) is 11.9. The first-order valence-electron chi connectivity index (χ1n) is 20.6. The zero-order valence-electron chi connectivity index (χ0n) is 33.2. The molecule has 1 spiro atoms. The highest BCUT2D eigenvalue weighted by atomic mass is 16.5. The van der Waals surface area contributed by atoms with Gasteiger partial charge in [0.05, 0.1) is 11.0 Å². The first-order chi connectivity index (χ1) is 30.7. The van der Waals surface area contributed by atoms with Crippen molar-refractivity contribution < 1.29 is 4.74 Å². The van der Waals surface area contributed by atoms with Gasteiger partial charge in [0, 0.05) is 38.9 Å². The van der Waals surface area contributed by atoms with Crippen LogP contribution >= 0.6 is 0 Å². The second kappa shape index (κ2) is 14.4. The molecule has 2 aromatic heterocycles. The molecule has 62 heavy (non-hydrogen) atoms. The number of hydrogen-bond acceptors (Lipinski definition) is 7. The molecule has 2 aliphatic rings. The summed E-state index contributed by atoms with van der Waals surface area (Å²) in [5.41, 5.74) is 11.0. The third-order valence-corrected chi connectivity index (χ3v) is 11.9. The van der Waals surface area contributed by atoms with Crippen molar-refractivity contribution >= 4 is 0 Å². The van der Waals surface area contributed by atoms with E-state index < -0.39 is 5.41 Å². The number of nitrogens with zero attached hydrogens (tertiary/aromatic N) is 6. The van der Waals surface area contributed by atoms with Crippen LogP contribution in [0.3, 0.4) is 0 Å². The van der Waals surface area contributed by atoms with Gasteiger partial charge >= 0.3 is 0 Å². The molecule has 1 aliphatic heterocycles. The molecule has 0 N–H and O–H groups in total. The summed E-state index contributed by atoms with van der Waals surface area (Å²) in [5.74, 6) is 4.98. The highest BCUT2D eigenvalue weighted by molar-refractivity contribution is 5.96. The van der Waals surface area contributed by atoms with Gasteiger partial charge in [-0.1, -0.05) is 194 Å². The lowest BCUT2D eigenvalue weighted by Crippen LogP contribution is -2.32. The molecule has 0 amide bonds. The van der Waals surface area contributed by atoms with E-state index in [0.717, 1.165) is 72.5 Å². The van der Waals surface area contributed by atoms with E-state index in [2.05, 4.69) is 78.9 Å². The largest absolute Gasteiger partial charge is 0.456 e. The summed E-state index contributed by atoms with van der Waals surface area (Å²) in [4.78, 5) is 30.8. The molecule has 0 saturated carbocycles. The van der Waals surface area contributed by atoms with Gasteiger partial charge in [-0.3, -0.25) is 0 Å². The average molecular weight is 795 g/mol. The molecule has 1 atom stereocenters. The maximum atomic E-state index is 7.08. The van der Waals surface area contributed by atoms with Crippen LogP contribution in [0.15, 0.2) is 206 Å². The molecule has 8 aromatic carbocycles. The Morgan fingerprint density at radius 1 is 0.274 bits per heavy atom. The van der Waals surface area contributed by atoms with Crippen molar-refractivity contribution in [1.29, 1.82) is 0 Å². The number of fused-ring (bicyclic) bond motifs is 9. The Kier molecular flexibility index (Phi) is 8.25. The van der Waals surface area contributed by atoms with Gasteiger partial charge in [-0.05, 0) is 34.4 Å². The Morgan fingerprint density at radius 3 is 1.18 bits per heavy atom. The summed E-state index contributed by atoms with van der Waals surface area (Å²) in [6, 6.07) is 70.2. The first kappa shape index (κ1) is 35.5. The lowest BCUT2D eigenvalue weighted by molar-refractivity contribution is 0.437. The summed E-state index contributed by atoms with van der Waals surface area (Å²) in [6.07, 6.45) is 0. The molecule has 7 heteroatoms. The Morgan fingerprint density at radius 2 is 0.645 bits per heavy atom. The van der Waals surface area contributed by atoms with Crippen LogP contribution in [0.2, 0.25) is 0 Å². The molecule has 3 heterocycles. The van der Waals surface area contributed by atoms with Crippen molar-refractivity contribution in [3.05, 3.63) is 229 Å². The molecule has 0 bridgehead atoms. The Hall–Kier alpha value is -8.42. The highest BCUT2D eigenvalue weighted by Gasteiger charge is 2.52. The van der Waals surface area contributed by atoms with Crippen molar-refractivity contribution in [2.45, 2.75) is 5.41 Å². The van der Waals surface area contributed by atoms with Crippen LogP contribution in [-0.4, -0.2) is 29.9 Å². The van der Waals surface area contributed by atoms with Crippen molar-refractivity contribution in [2.75, 3.05) is 0 Å². The smallest absolute Gasteiger partial charge is 0.167 e. The summed E-state index contributed by atoms with van der Waals surface area (Å²) in [6.45, 7) is 0. The minimum absolute atomic E-state index is 0.524. The minimum Gasteiger partial charge on any atom is -0.456 e. The predicted octanol–water partition coefficient (Wildman–Crippen LogP) is 12.5. The van der Waals surface area contributed by atoms with Crippen LogP contribution < -0.4 is 4.74 Å². The Labute approximate surface area is 358 Å². The van der Waals surface area contributed by atoms with Crippen LogP contribution in [0.1, 0.15) is 22.3 Å². The summed E-state index contributed by atoms with van der Waals surface area (Å²) < 4.78 is 7.08. The van der Waals surface area contributed by atoms with E-state index in [4.69, 9.17) is 34.6 Å². The zero-order chi connectivity index (χ0) is 41.0. The molecular weight excluding hydrogens is 761 g/mol. The number of aromatic nitrogens is 6. The summed E-state index contributed by atoms with van der Waals surface area (Å²) in [5, 5.41) is 0. The van der Waals surface area contributed by atoms with Gasteiger partial charge in [-0.15, -0.1) is 0 Å². The molecule has 1 unspecified atom stereocenters. The molecule has 1 aliphatic carbocycles. The lowest BCUT2D eigenvalue weighted by atomic mass is 9.65. The predicted molar refractivity (Wildman–Crippen MR) is 243 cm³/mol. The van der Waals surface area contributed by atoms with E-state index in [1.807, 2.05) is 127 Å². The van der Waals surface area contributed by atoms with E-state index in [1.54, 1.807) is 0 Å². The minimum atomic E-state index is -0.781. The Bertz CT molecular complexity index is 3210. The second-order valence-electron chi connectivity index (χ2n) is 15.4. The summed E-state index contributed by atoms with van der Waals surface area (Å²) in [7, 11) is 0. The van der Waals surface area contributed by atoms with Crippen LogP contribution in [0.25, 0.3) is 79.5 Å². The van der Waals surface area contributed by atoms with Gasteiger partial charge < -0.3 is 4.74 Å². The fourth-order valence-electron chi connectivity index (χ4n) is 9.19. The van der Waals surface area contributed by atoms with E-state index in [1.165, 1.54) is 0 Å².